The van der Waals surface area contributed by atoms with Crippen LogP contribution in [0.4, 0.5) is 0 Å². The van der Waals surface area contributed by atoms with E-state index in [1.165, 1.54) is 6.33 Å². The van der Waals surface area contributed by atoms with E-state index >= 15 is 0 Å². The molecule has 0 bridgehead atoms. The number of aryl methyl sites for hydroxylation is 1. The van der Waals surface area contributed by atoms with Crippen LogP contribution < -0.4 is 0 Å². The fourth-order valence-corrected chi connectivity index (χ4v) is 2.63. The lowest BCUT2D eigenvalue weighted by molar-refractivity contribution is -0.133. The maximum Gasteiger partial charge on any atom is 0.222 e. The van der Waals surface area contributed by atoms with E-state index in [1.54, 1.807) is 12.4 Å². The summed E-state index contributed by atoms with van der Waals surface area (Å²) in [5.41, 5.74) is 1.16. The summed E-state index contributed by atoms with van der Waals surface area (Å²) in [6.07, 6.45) is 6.39. The second-order valence-corrected chi connectivity index (χ2v) is 5.44. The molecule has 3 heterocycles. The highest BCUT2D eigenvalue weighted by atomic mass is 16.2. The van der Waals surface area contributed by atoms with Gasteiger partial charge in [-0.1, -0.05) is 0 Å². The molecular weight excluding hydrogens is 280 g/mol. The van der Waals surface area contributed by atoms with E-state index in [9.17, 15) is 4.79 Å². The molecule has 7 heteroatoms. The van der Waals surface area contributed by atoms with Crippen molar-refractivity contribution in [3.05, 3.63) is 42.2 Å². The van der Waals surface area contributed by atoms with Crippen molar-refractivity contribution < 1.29 is 4.79 Å². The number of aromatic nitrogens is 4. The van der Waals surface area contributed by atoms with Gasteiger partial charge in [-0.3, -0.25) is 19.8 Å². The summed E-state index contributed by atoms with van der Waals surface area (Å²) in [6.45, 7) is 4.08. The van der Waals surface area contributed by atoms with Crippen LogP contribution in [0.25, 0.3) is 0 Å². The molecule has 0 aliphatic carbocycles. The van der Waals surface area contributed by atoms with Gasteiger partial charge in [-0.15, -0.1) is 0 Å². The standard InChI is InChI=1S/C15H20N6O/c22-15(2-1-13-3-5-16-6-4-13)21-9-7-20(8-10-21)11-14-17-12-18-19-14/h3-6,12H,1-2,7-11H2,(H,17,18,19). The topological polar surface area (TPSA) is 78.0 Å². The zero-order chi connectivity index (χ0) is 15.2. The molecule has 116 valence electrons. The zero-order valence-electron chi connectivity index (χ0n) is 12.5. The Morgan fingerprint density at radius 2 is 1.95 bits per heavy atom. The summed E-state index contributed by atoms with van der Waals surface area (Å²) < 4.78 is 0. The molecule has 1 fully saturated rings. The first-order valence-corrected chi connectivity index (χ1v) is 7.54. The van der Waals surface area contributed by atoms with E-state index in [2.05, 4.69) is 25.1 Å². The number of amides is 1. The maximum absolute atomic E-state index is 12.3. The molecule has 1 saturated heterocycles. The third-order valence-corrected chi connectivity index (χ3v) is 3.94. The molecule has 0 spiro atoms. The quantitative estimate of drug-likeness (QED) is 0.869. The third kappa shape index (κ3) is 3.88. The van der Waals surface area contributed by atoms with Gasteiger partial charge >= 0.3 is 0 Å². The van der Waals surface area contributed by atoms with Crippen LogP contribution in [0, 0.1) is 0 Å². The van der Waals surface area contributed by atoms with E-state index in [1.807, 2.05) is 17.0 Å². The second kappa shape index (κ2) is 7.13. The van der Waals surface area contributed by atoms with Crippen molar-refractivity contribution in [2.45, 2.75) is 19.4 Å². The first kappa shape index (κ1) is 14.6. The fraction of sp³-hybridized carbons (Fsp3) is 0.467. The van der Waals surface area contributed by atoms with Crippen molar-refractivity contribution in [2.24, 2.45) is 0 Å². The summed E-state index contributed by atoms with van der Waals surface area (Å²) in [4.78, 5) is 24.6. The van der Waals surface area contributed by atoms with Gasteiger partial charge in [0.25, 0.3) is 0 Å². The minimum Gasteiger partial charge on any atom is -0.340 e. The molecule has 0 atom stereocenters. The Balaban J connectivity index is 1.42. The number of carbonyl (C=O) groups excluding carboxylic acids is 1. The average Bonchev–Trinajstić information content (AvgIpc) is 3.07. The number of piperazine rings is 1. The number of nitrogens with zero attached hydrogens (tertiary/aromatic N) is 5. The molecule has 0 aromatic carbocycles. The smallest absolute Gasteiger partial charge is 0.222 e. The number of rotatable bonds is 5. The van der Waals surface area contributed by atoms with Crippen LogP contribution in [0.15, 0.2) is 30.9 Å². The number of H-pyrrole nitrogens is 1. The highest BCUT2D eigenvalue weighted by Gasteiger charge is 2.21. The van der Waals surface area contributed by atoms with Crippen molar-refractivity contribution in [1.82, 2.24) is 30.0 Å². The summed E-state index contributed by atoms with van der Waals surface area (Å²) in [5.74, 6) is 1.11. The molecule has 0 unspecified atom stereocenters. The molecule has 3 rings (SSSR count). The Morgan fingerprint density at radius 1 is 1.18 bits per heavy atom. The van der Waals surface area contributed by atoms with Gasteiger partial charge in [-0.25, -0.2) is 4.98 Å². The molecule has 22 heavy (non-hydrogen) atoms. The van der Waals surface area contributed by atoms with Crippen molar-refractivity contribution in [3.8, 4) is 0 Å². The Morgan fingerprint density at radius 3 is 2.64 bits per heavy atom. The Bertz CT molecular complexity index is 577. The summed E-state index contributed by atoms with van der Waals surface area (Å²) in [5, 5.41) is 6.72. The van der Waals surface area contributed by atoms with Crippen molar-refractivity contribution in [3.63, 3.8) is 0 Å². The van der Waals surface area contributed by atoms with Crippen LogP contribution in [0.5, 0.6) is 0 Å². The SMILES string of the molecule is O=C(CCc1ccncc1)N1CCN(Cc2ncn[nH]2)CC1. The lowest BCUT2D eigenvalue weighted by Crippen LogP contribution is -2.48. The minimum absolute atomic E-state index is 0.233. The summed E-state index contributed by atoms with van der Waals surface area (Å²) in [7, 11) is 0. The number of aromatic amines is 1. The first-order chi connectivity index (χ1) is 10.8. The third-order valence-electron chi connectivity index (χ3n) is 3.94. The normalized spacial score (nSPS) is 15.9. The van der Waals surface area contributed by atoms with Gasteiger partial charge in [0.2, 0.25) is 5.91 Å². The van der Waals surface area contributed by atoms with Crippen LogP contribution in [0.1, 0.15) is 17.8 Å². The van der Waals surface area contributed by atoms with Gasteiger partial charge in [-0.05, 0) is 24.1 Å². The summed E-state index contributed by atoms with van der Waals surface area (Å²) in [6, 6.07) is 3.92. The Labute approximate surface area is 129 Å². The Hall–Kier alpha value is -2.28. The van der Waals surface area contributed by atoms with Crippen molar-refractivity contribution in [2.75, 3.05) is 26.2 Å². The monoisotopic (exact) mass is 300 g/mol. The minimum atomic E-state index is 0.233. The summed E-state index contributed by atoms with van der Waals surface area (Å²) >= 11 is 0. The number of hydrogen-bond donors (Lipinski definition) is 1. The van der Waals surface area contributed by atoms with E-state index in [4.69, 9.17) is 0 Å². The lowest BCUT2D eigenvalue weighted by Gasteiger charge is -2.34. The van der Waals surface area contributed by atoms with Crippen molar-refractivity contribution in [1.29, 1.82) is 0 Å². The number of hydrogen-bond acceptors (Lipinski definition) is 5. The molecule has 1 aliphatic heterocycles. The van der Waals surface area contributed by atoms with Gasteiger partial charge in [0.05, 0.1) is 6.54 Å². The number of nitrogens with one attached hydrogen (secondary N) is 1. The molecule has 1 N–H and O–H groups in total. The molecule has 2 aromatic rings. The predicted molar refractivity (Wildman–Crippen MR) is 80.8 cm³/mol. The van der Waals surface area contributed by atoms with Crippen LogP contribution in [-0.2, 0) is 17.8 Å². The highest BCUT2D eigenvalue weighted by Crippen LogP contribution is 2.08. The molecule has 7 nitrogen and oxygen atoms in total. The molecule has 1 amide bonds. The zero-order valence-corrected chi connectivity index (χ0v) is 12.5. The van der Waals surface area contributed by atoms with Gasteiger partial charge < -0.3 is 4.90 Å². The van der Waals surface area contributed by atoms with Gasteiger partial charge in [-0.2, -0.15) is 5.10 Å². The molecular formula is C15H20N6O. The maximum atomic E-state index is 12.3. The number of carbonyl (C=O) groups is 1. The predicted octanol–water partition coefficient (Wildman–Crippen LogP) is 0.477. The van der Waals surface area contributed by atoms with E-state index in [0.717, 1.165) is 50.5 Å². The molecule has 0 radical (unpaired) electrons. The highest BCUT2D eigenvalue weighted by molar-refractivity contribution is 5.76. The average molecular weight is 300 g/mol. The van der Waals surface area contributed by atoms with Crippen LogP contribution in [0.3, 0.4) is 0 Å². The van der Waals surface area contributed by atoms with E-state index < -0.39 is 0 Å². The van der Waals surface area contributed by atoms with Gasteiger partial charge in [0.1, 0.15) is 12.2 Å². The fourth-order valence-electron chi connectivity index (χ4n) is 2.63. The van der Waals surface area contributed by atoms with E-state index in [0.29, 0.717) is 6.42 Å². The van der Waals surface area contributed by atoms with Crippen LogP contribution in [-0.4, -0.2) is 62.1 Å². The van der Waals surface area contributed by atoms with Gasteiger partial charge in [0, 0.05) is 45.0 Å². The van der Waals surface area contributed by atoms with E-state index in [-0.39, 0.29) is 5.91 Å². The van der Waals surface area contributed by atoms with Crippen molar-refractivity contribution >= 4 is 5.91 Å². The molecule has 1 aliphatic rings. The Kier molecular flexibility index (Phi) is 4.75. The van der Waals surface area contributed by atoms with Gasteiger partial charge in [0.15, 0.2) is 0 Å². The van der Waals surface area contributed by atoms with Crippen LogP contribution >= 0.6 is 0 Å². The molecule has 2 aromatic heterocycles. The molecule has 0 saturated carbocycles. The first-order valence-electron chi connectivity index (χ1n) is 7.54. The largest absolute Gasteiger partial charge is 0.340 e. The second-order valence-electron chi connectivity index (χ2n) is 5.44. The van der Waals surface area contributed by atoms with Crippen LogP contribution in [0.2, 0.25) is 0 Å². The lowest BCUT2D eigenvalue weighted by atomic mass is 10.1. The number of pyridine rings is 1.